The molecule has 2 atom stereocenters. The van der Waals surface area contributed by atoms with E-state index in [4.69, 9.17) is 10.5 Å². The summed E-state index contributed by atoms with van der Waals surface area (Å²) in [6, 6.07) is -0.146. The summed E-state index contributed by atoms with van der Waals surface area (Å²) in [6.07, 6.45) is 6.22. The van der Waals surface area contributed by atoms with E-state index in [0.717, 1.165) is 0 Å². The SMILES string of the molecule is NC1CC=C(OC2=CC[NH2+]C(N=C=O)=C2)C(F)C1. The Morgan fingerprint density at radius 1 is 1.56 bits per heavy atom. The standard InChI is InChI=1S/C12H14FN3O2/c13-10-5-8(14)1-2-11(10)18-9-3-4-15-12(6-9)16-7-17/h2-3,6,8,10,15H,1,4-5,14H2/p+1. The molecule has 0 saturated carbocycles. The lowest BCUT2D eigenvalue weighted by atomic mass is 10.00. The zero-order valence-corrected chi connectivity index (χ0v) is 9.80. The lowest BCUT2D eigenvalue weighted by Gasteiger charge is -2.23. The Morgan fingerprint density at radius 2 is 2.39 bits per heavy atom. The van der Waals surface area contributed by atoms with Gasteiger partial charge in [-0.25, -0.2) is 9.18 Å². The number of ether oxygens (including phenoxy) is 1. The third kappa shape index (κ3) is 3.13. The van der Waals surface area contributed by atoms with Crippen molar-refractivity contribution >= 4 is 6.08 Å². The molecule has 0 fully saturated rings. The van der Waals surface area contributed by atoms with Gasteiger partial charge in [-0.3, -0.25) is 5.32 Å². The lowest BCUT2D eigenvalue weighted by Crippen LogP contribution is -2.82. The van der Waals surface area contributed by atoms with Gasteiger partial charge in [0.2, 0.25) is 11.9 Å². The van der Waals surface area contributed by atoms with Gasteiger partial charge in [0.15, 0.2) is 6.17 Å². The van der Waals surface area contributed by atoms with Gasteiger partial charge in [-0.1, -0.05) is 0 Å². The first-order valence-corrected chi connectivity index (χ1v) is 5.79. The summed E-state index contributed by atoms with van der Waals surface area (Å²) in [5.74, 6) is 1.26. The Hall–Kier alpha value is -1.75. The molecule has 0 aromatic carbocycles. The summed E-state index contributed by atoms with van der Waals surface area (Å²) < 4.78 is 19.2. The van der Waals surface area contributed by atoms with Gasteiger partial charge in [-0.05, 0) is 12.5 Å². The van der Waals surface area contributed by atoms with Crippen LogP contribution in [0.4, 0.5) is 4.39 Å². The van der Waals surface area contributed by atoms with Crippen molar-refractivity contribution in [3.8, 4) is 0 Å². The van der Waals surface area contributed by atoms with Crippen molar-refractivity contribution in [1.82, 2.24) is 0 Å². The molecule has 0 saturated heterocycles. The van der Waals surface area contributed by atoms with Crippen LogP contribution in [0, 0.1) is 0 Å². The maximum absolute atomic E-state index is 13.7. The Bertz CT molecular complexity index is 464. The number of nitrogens with zero attached hydrogens (tertiary/aromatic N) is 1. The molecule has 0 aromatic heterocycles. The molecule has 96 valence electrons. The summed E-state index contributed by atoms with van der Waals surface area (Å²) in [7, 11) is 0. The van der Waals surface area contributed by atoms with Crippen molar-refractivity contribution in [3.63, 3.8) is 0 Å². The van der Waals surface area contributed by atoms with E-state index in [9.17, 15) is 9.18 Å². The molecule has 0 radical (unpaired) electrons. The average Bonchev–Trinajstić information content (AvgIpc) is 2.34. The molecule has 1 aliphatic heterocycles. The van der Waals surface area contributed by atoms with Crippen LogP contribution in [-0.4, -0.2) is 24.8 Å². The fourth-order valence-corrected chi connectivity index (χ4v) is 1.88. The van der Waals surface area contributed by atoms with Crippen LogP contribution in [-0.2, 0) is 9.53 Å². The molecule has 1 aliphatic carbocycles. The summed E-state index contributed by atoms with van der Waals surface area (Å²) in [5, 5.41) is 1.76. The largest absolute Gasteiger partial charge is 0.459 e. The normalized spacial score (nSPS) is 27.6. The van der Waals surface area contributed by atoms with E-state index in [0.29, 0.717) is 24.5 Å². The predicted molar refractivity (Wildman–Crippen MR) is 62.4 cm³/mol. The second-order valence-electron chi connectivity index (χ2n) is 4.23. The zero-order valence-electron chi connectivity index (χ0n) is 9.80. The van der Waals surface area contributed by atoms with Crippen LogP contribution < -0.4 is 11.1 Å². The van der Waals surface area contributed by atoms with E-state index in [1.165, 1.54) is 6.08 Å². The van der Waals surface area contributed by atoms with Crippen molar-refractivity contribution in [3.05, 3.63) is 35.6 Å². The number of allylic oxidation sites excluding steroid dienone is 2. The second kappa shape index (κ2) is 5.73. The van der Waals surface area contributed by atoms with Crippen LogP contribution in [0.25, 0.3) is 0 Å². The van der Waals surface area contributed by atoms with Gasteiger partial charge < -0.3 is 10.5 Å². The quantitative estimate of drug-likeness (QED) is 0.547. The highest BCUT2D eigenvalue weighted by Crippen LogP contribution is 2.24. The predicted octanol–water partition coefficient (Wildman–Crippen LogP) is -0.0158. The molecule has 2 rings (SSSR count). The van der Waals surface area contributed by atoms with Gasteiger partial charge in [-0.15, -0.1) is 4.99 Å². The van der Waals surface area contributed by atoms with Crippen molar-refractivity contribution in [2.24, 2.45) is 10.7 Å². The topological polar surface area (TPSA) is 81.3 Å². The van der Waals surface area contributed by atoms with Crippen LogP contribution in [0.1, 0.15) is 12.8 Å². The van der Waals surface area contributed by atoms with Crippen LogP contribution in [0.5, 0.6) is 0 Å². The Labute approximate surface area is 104 Å². The monoisotopic (exact) mass is 252 g/mol. The summed E-state index contributed by atoms with van der Waals surface area (Å²) in [5.41, 5.74) is 5.65. The van der Waals surface area contributed by atoms with Gasteiger partial charge in [0.05, 0.1) is 6.08 Å². The molecular weight excluding hydrogens is 237 g/mol. The number of carbonyl (C=O) groups excluding carboxylic acids is 1. The minimum atomic E-state index is -1.17. The van der Waals surface area contributed by atoms with Gasteiger partial charge in [0, 0.05) is 18.5 Å². The number of aliphatic imine (C=N–C) groups is 1. The molecule has 0 aromatic rings. The molecule has 6 heteroatoms. The molecule has 1 heterocycles. The number of isocyanates is 1. The summed E-state index contributed by atoms with van der Waals surface area (Å²) in [4.78, 5) is 13.7. The number of rotatable bonds is 3. The van der Waals surface area contributed by atoms with Gasteiger partial charge in [-0.2, -0.15) is 0 Å². The van der Waals surface area contributed by atoms with Crippen molar-refractivity contribution in [2.75, 3.05) is 6.54 Å². The number of quaternary nitrogens is 1. The van der Waals surface area contributed by atoms with Gasteiger partial charge in [0.25, 0.3) is 0 Å². The zero-order chi connectivity index (χ0) is 13.0. The van der Waals surface area contributed by atoms with Crippen LogP contribution in [0.3, 0.4) is 0 Å². The molecule has 4 N–H and O–H groups in total. The minimum Gasteiger partial charge on any atom is -0.459 e. The highest BCUT2D eigenvalue weighted by Gasteiger charge is 2.24. The van der Waals surface area contributed by atoms with E-state index in [-0.39, 0.29) is 18.2 Å². The van der Waals surface area contributed by atoms with E-state index < -0.39 is 6.17 Å². The van der Waals surface area contributed by atoms with Gasteiger partial charge in [0.1, 0.15) is 18.1 Å². The Morgan fingerprint density at radius 3 is 3.11 bits per heavy atom. The fraction of sp³-hybridized carbons (Fsp3) is 0.417. The highest BCUT2D eigenvalue weighted by atomic mass is 19.1. The highest BCUT2D eigenvalue weighted by molar-refractivity contribution is 5.36. The first-order chi connectivity index (χ1) is 8.69. The maximum atomic E-state index is 13.7. The minimum absolute atomic E-state index is 0.146. The lowest BCUT2D eigenvalue weighted by molar-refractivity contribution is -0.599. The maximum Gasteiger partial charge on any atom is 0.245 e. The summed E-state index contributed by atoms with van der Waals surface area (Å²) in [6.45, 7) is 0.593. The van der Waals surface area contributed by atoms with Crippen LogP contribution in [0.15, 0.2) is 40.6 Å². The molecule has 18 heavy (non-hydrogen) atoms. The number of halogens is 1. The summed E-state index contributed by atoms with van der Waals surface area (Å²) >= 11 is 0. The third-order valence-corrected chi connectivity index (χ3v) is 2.79. The molecule has 0 bridgehead atoms. The fourth-order valence-electron chi connectivity index (χ4n) is 1.88. The molecule has 0 amide bonds. The van der Waals surface area contributed by atoms with Gasteiger partial charge >= 0.3 is 0 Å². The van der Waals surface area contributed by atoms with Crippen LogP contribution >= 0.6 is 0 Å². The second-order valence-corrected chi connectivity index (χ2v) is 4.23. The smallest absolute Gasteiger partial charge is 0.245 e. The Kier molecular flexibility index (Phi) is 4.04. The van der Waals surface area contributed by atoms with Crippen LogP contribution in [0.2, 0.25) is 0 Å². The van der Waals surface area contributed by atoms with E-state index >= 15 is 0 Å². The number of hydrogen-bond acceptors (Lipinski definition) is 4. The van der Waals surface area contributed by atoms with E-state index in [1.54, 1.807) is 23.5 Å². The first kappa shape index (κ1) is 12.7. The third-order valence-electron chi connectivity index (χ3n) is 2.79. The van der Waals surface area contributed by atoms with E-state index in [1.807, 2.05) is 0 Å². The molecule has 2 aliphatic rings. The van der Waals surface area contributed by atoms with Crippen molar-refractivity contribution < 1.29 is 19.2 Å². The molecule has 0 spiro atoms. The van der Waals surface area contributed by atoms with E-state index in [2.05, 4.69) is 4.99 Å². The molecular formula is C12H15FN3O2+. The van der Waals surface area contributed by atoms with Crippen molar-refractivity contribution in [1.29, 1.82) is 0 Å². The number of nitrogens with two attached hydrogens (primary N) is 2. The number of hydrogen-bond donors (Lipinski definition) is 2. The molecule has 5 nitrogen and oxygen atoms in total. The average molecular weight is 252 g/mol. The Balaban J connectivity index is 2.06. The first-order valence-electron chi connectivity index (χ1n) is 5.79. The number of alkyl halides is 1. The van der Waals surface area contributed by atoms with Crippen molar-refractivity contribution in [2.45, 2.75) is 25.1 Å². The molecule has 2 unspecified atom stereocenters.